The lowest BCUT2D eigenvalue weighted by molar-refractivity contribution is 0.0165. The Labute approximate surface area is 298 Å². The molecule has 1 spiro atoms. The molecule has 2 aliphatic carbocycles. The first-order valence-corrected chi connectivity index (χ1v) is 17.3. The van der Waals surface area contributed by atoms with Crippen molar-refractivity contribution in [2.45, 2.75) is 89.6 Å². The van der Waals surface area contributed by atoms with Gasteiger partial charge in [0.1, 0.15) is 22.8 Å². The van der Waals surface area contributed by atoms with Crippen LogP contribution in [0.15, 0.2) is 65.6 Å². The van der Waals surface area contributed by atoms with Crippen LogP contribution in [0.1, 0.15) is 66.4 Å². The summed E-state index contributed by atoms with van der Waals surface area (Å²) in [7, 11) is 0. The van der Waals surface area contributed by atoms with E-state index in [1.165, 1.54) is 0 Å². The number of carbonyl (C=O) groups excluding carboxylic acids is 2. The van der Waals surface area contributed by atoms with Crippen molar-refractivity contribution in [3.8, 4) is 23.1 Å². The molecule has 0 radical (unpaired) electrons. The smallest absolute Gasteiger partial charge is 0.412 e. The summed E-state index contributed by atoms with van der Waals surface area (Å²) in [6.07, 6.45) is 9.02. The minimum atomic E-state index is -0.600. The molecule has 5 N–H and O–H groups in total. The highest BCUT2D eigenvalue weighted by Gasteiger charge is 2.63. The summed E-state index contributed by atoms with van der Waals surface area (Å²) in [5.41, 5.74) is 17.4. The normalized spacial score (nSPS) is 23.8. The molecular weight excluding hydrogens is 644 g/mol. The molecule has 0 saturated carbocycles. The van der Waals surface area contributed by atoms with Crippen molar-refractivity contribution in [3.05, 3.63) is 66.1 Å². The van der Waals surface area contributed by atoms with Gasteiger partial charge in [-0.2, -0.15) is 0 Å². The summed E-state index contributed by atoms with van der Waals surface area (Å²) in [6.45, 7) is 11.8. The van der Waals surface area contributed by atoms with Crippen LogP contribution >= 0.6 is 0 Å². The number of benzene rings is 2. The van der Waals surface area contributed by atoms with E-state index in [1.807, 2.05) is 84.0 Å². The Bertz CT molecular complexity index is 2080. The first kappa shape index (κ1) is 33.9. The summed E-state index contributed by atoms with van der Waals surface area (Å²) in [5, 5.41) is 3.32. The van der Waals surface area contributed by atoms with E-state index in [1.54, 1.807) is 28.4 Å². The van der Waals surface area contributed by atoms with Gasteiger partial charge in [-0.15, -0.1) is 0 Å². The van der Waals surface area contributed by atoms with Gasteiger partial charge in [-0.05, 0) is 91.1 Å². The molecule has 2 aliphatic heterocycles. The van der Waals surface area contributed by atoms with E-state index in [0.29, 0.717) is 40.3 Å². The van der Waals surface area contributed by atoms with E-state index in [4.69, 9.17) is 25.9 Å². The molecule has 1 unspecified atom stereocenters. The minimum absolute atomic E-state index is 0.135. The van der Waals surface area contributed by atoms with Gasteiger partial charge >= 0.3 is 12.2 Å². The Balaban J connectivity index is 1.01. The third-order valence-corrected chi connectivity index (χ3v) is 9.29. The summed E-state index contributed by atoms with van der Waals surface area (Å²) in [5.74, 6) is 6.45. The van der Waals surface area contributed by atoms with Crippen molar-refractivity contribution in [2.75, 3.05) is 12.3 Å². The van der Waals surface area contributed by atoms with E-state index in [0.717, 1.165) is 36.1 Å². The van der Waals surface area contributed by atoms with Gasteiger partial charge in [-0.1, -0.05) is 24.0 Å². The summed E-state index contributed by atoms with van der Waals surface area (Å²) < 4.78 is 11.3. The number of hydrogen-bond donors (Lipinski definition) is 3. The highest BCUT2D eigenvalue weighted by molar-refractivity contribution is 5.84. The first-order chi connectivity index (χ1) is 24.1. The van der Waals surface area contributed by atoms with Crippen LogP contribution in [0.2, 0.25) is 0 Å². The molecule has 4 atom stereocenters. The lowest BCUT2D eigenvalue weighted by Crippen LogP contribution is -2.49. The Morgan fingerprint density at radius 1 is 1.04 bits per heavy atom. The molecule has 12 nitrogen and oxygen atoms in total. The monoisotopic (exact) mass is 688 g/mol. The third-order valence-electron chi connectivity index (χ3n) is 9.29. The van der Waals surface area contributed by atoms with Crippen LogP contribution < -0.4 is 16.8 Å². The van der Waals surface area contributed by atoms with Gasteiger partial charge in [0.25, 0.3) is 0 Å². The van der Waals surface area contributed by atoms with Crippen LogP contribution in [-0.4, -0.2) is 73.5 Å². The number of likely N-dealkylation sites (tertiary alicyclic amines) is 2. The number of aromatic nitrogens is 2. The lowest BCUT2D eigenvalue weighted by atomic mass is 9.91. The van der Waals surface area contributed by atoms with Gasteiger partial charge in [0.05, 0.1) is 52.0 Å². The van der Waals surface area contributed by atoms with Gasteiger partial charge in [0.15, 0.2) is 0 Å². The van der Waals surface area contributed by atoms with Gasteiger partial charge in [0, 0.05) is 35.8 Å². The lowest BCUT2D eigenvalue weighted by Gasteiger charge is -2.33. The number of ether oxygens (including phenoxy) is 2. The number of fused-ring (bicyclic) bond motifs is 2. The second kappa shape index (κ2) is 12.3. The summed E-state index contributed by atoms with van der Waals surface area (Å²) >= 11 is 0. The molecule has 264 valence electrons. The maximum atomic E-state index is 13.1. The zero-order chi connectivity index (χ0) is 36.3. The number of nitrogens with two attached hydrogens (primary N) is 2. The highest BCUT2D eigenvalue weighted by atomic mass is 16.6. The van der Waals surface area contributed by atoms with Gasteiger partial charge in [0.2, 0.25) is 0 Å². The van der Waals surface area contributed by atoms with Gasteiger partial charge < -0.3 is 31.2 Å². The van der Waals surface area contributed by atoms with Crippen molar-refractivity contribution in [2.24, 2.45) is 16.6 Å². The average molecular weight is 689 g/mol. The number of anilines is 1. The fourth-order valence-electron chi connectivity index (χ4n) is 6.75. The van der Waals surface area contributed by atoms with Crippen molar-refractivity contribution in [1.82, 2.24) is 25.1 Å². The maximum absolute atomic E-state index is 13.1. The van der Waals surface area contributed by atoms with Gasteiger partial charge in [-0.25, -0.2) is 14.6 Å². The zero-order valence-corrected chi connectivity index (χ0v) is 29.9. The van der Waals surface area contributed by atoms with Crippen LogP contribution in [0.4, 0.5) is 21.0 Å². The molecule has 1 aromatic heterocycles. The van der Waals surface area contributed by atoms with Crippen LogP contribution in [0.3, 0.4) is 0 Å². The molecule has 7 rings (SSSR count). The van der Waals surface area contributed by atoms with Gasteiger partial charge in [-0.3, -0.25) is 14.9 Å². The molecule has 4 aliphatic rings. The Hall–Kier alpha value is -5.57. The highest BCUT2D eigenvalue weighted by Crippen LogP contribution is 2.53. The van der Waals surface area contributed by atoms with Crippen molar-refractivity contribution < 1.29 is 19.1 Å². The molecular formula is C39H44N8O4. The molecule has 2 fully saturated rings. The second-order valence-corrected chi connectivity index (χ2v) is 15.5. The van der Waals surface area contributed by atoms with Crippen LogP contribution in [0, 0.1) is 17.8 Å². The Morgan fingerprint density at radius 3 is 2.51 bits per heavy atom. The maximum Gasteiger partial charge on any atom is 0.412 e. The van der Waals surface area contributed by atoms with E-state index in [-0.39, 0.29) is 30.2 Å². The number of nitrogen functional groups attached to an aromatic ring is 1. The number of amides is 2. The fourth-order valence-corrected chi connectivity index (χ4v) is 6.75. The molecule has 2 amide bonds. The average Bonchev–Trinajstić information content (AvgIpc) is 3.42. The number of nitrogens with one attached hydrogen (secondary N) is 1. The van der Waals surface area contributed by atoms with Crippen molar-refractivity contribution in [3.63, 3.8) is 0 Å². The Morgan fingerprint density at radius 2 is 1.80 bits per heavy atom. The summed E-state index contributed by atoms with van der Waals surface area (Å²) in [6, 6.07) is 11.0. The van der Waals surface area contributed by atoms with E-state index in [2.05, 4.69) is 27.1 Å². The fraction of sp³-hybridized carbons (Fsp3) is 0.410. The standard InChI is InChI=1S/C39H44N8O4/c1-37(2,3)50-35(48)46-15-7-8-26(46)20-42-29-12-10-24(16-27(29)40)32-22-43-31-17-23(9-13-30(31)45-32)28(41)21-44-34-19-39(34)18-25-11-14-33(25)47(39)36(49)51-38(4,5)6/h9-10,12-13,16-17,19-22,25-26,33,44H,7-8,15,18,40-41H2,1-6H3/b28-21-,42-20?/t25-,26+,33-,39?/m1/s1. The quantitative estimate of drug-likeness (QED) is 0.158. The van der Waals surface area contributed by atoms with Crippen molar-refractivity contribution in [1.29, 1.82) is 0 Å². The number of hydrogen-bond acceptors (Lipinski definition) is 10. The number of carbonyl (C=O) groups is 2. The zero-order valence-electron chi connectivity index (χ0n) is 29.9. The molecule has 51 heavy (non-hydrogen) atoms. The molecule has 0 bridgehead atoms. The van der Waals surface area contributed by atoms with Crippen LogP contribution in [-0.2, 0) is 9.47 Å². The number of rotatable bonds is 6. The van der Waals surface area contributed by atoms with E-state index < -0.39 is 16.7 Å². The topological polar surface area (TPSA) is 161 Å². The van der Waals surface area contributed by atoms with Crippen LogP contribution in [0.25, 0.3) is 28.0 Å². The molecule has 12 heteroatoms. The first-order valence-electron chi connectivity index (χ1n) is 17.3. The minimum Gasteiger partial charge on any atom is -0.444 e. The Kier molecular flexibility index (Phi) is 8.20. The number of nitrogens with zero attached hydrogens (tertiary/aromatic N) is 5. The van der Waals surface area contributed by atoms with E-state index in [9.17, 15) is 9.59 Å². The predicted molar refractivity (Wildman–Crippen MR) is 197 cm³/mol. The number of aliphatic imine (C=N–C) groups is 1. The molecule has 3 aromatic rings. The molecule has 3 heterocycles. The molecule has 2 saturated heterocycles. The predicted octanol–water partition coefficient (Wildman–Crippen LogP) is 6.11. The molecule has 2 aromatic carbocycles. The van der Waals surface area contributed by atoms with Crippen molar-refractivity contribution >= 4 is 46.5 Å². The summed E-state index contributed by atoms with van der Waals surface area (Å²) in [4.78, 5) is 43.4. The SMILES string of the molecule is CC(C)(C)OC(=O)N1CCC[C@H]1C=Nc1ccc(-c2cnc3cc(/C(N)=C/NC4=CC45C[C@H]4C#C[C@H]4N5C(=O)OC(C)(C)C)ccc3n2)cc1N. The largest absolute Gasteiger partial charge is 0.444 e. The van der Waals surface area contributed by atoms with E-state index >= 15 is 0 Å². The second-order valence-electron chi connectivity index (χ2n) is 15.5. The third kappa shape index (κ3) is 6.80. The van der Waals surface area contributed by atoms with Crippen LogP contribution in [0.5, 0.6) is 0 Å².